The van der Waals surface area contributed by atoms with E-state index in [4.69, 9.17) is 47.4 Å². The molecule has 2 aliphatic carbocycles. The molecule has 0 spiro atoms. The number of carbonyl (C=O) groups excluding carboxylic acids is 3. The fraction of sp³-hybridized carbons (Fsp3) is 0.489. The Morgan fingerprint density at radius 2 is 1.79 bits per heavy atom. The number of alkyl carbamates (subject to hydrolysis) is 1. The van der Waals surface area contributed by atoms with E-state index in [1.807, 2.05) is 46.1 Å². The number of amides is 3. The number of nitrogens with one attached hydrogen (secondary N) is 3. The van der Waals surface area contributed by atoms with Gasteiger partial charge in [-0.05, 0) is 81.2 Å². The van der Waals surface area contributed by atoms with Crippen molar-refractivity contribution >= 4 is 75.8 Å². The first-order chi connectivity index (χ1) is 29.8. The van der Waals surface area contributed by atoms with Gasteiger partial charge in [0, 0.05) is 51.3 Å². The summed E-state index contributed by atoms with van der Waals surface area (Å²) in [5.74, 6) is -0.710. The first kappa shape index (κ1) is 46.6. The van der Waals surface area contributed by atoms with Gasteiger partial charge in [-0.1, -0.05) is 56.1 Å². The van der Waals surface area contributed by atoms with Gasteiger partial charge in [0.2, 0.25) is 19.2 Å². The van der Waals surface area contributed by atoms with Crippen LogP contribution in [0.4, 0.5) is 9.93 Å². The lowest BCUT2D eigenvalue weighted by molar-refractivity contribution is -0.142. The van der Waals surface area contributed by atoms with Gasteiger partial charge in [0.1, 0.15) is 46.8 Å². The summed E-state index contributed by atoms with van der Waals surface area (Å²) in [6.45, 7) is 13.3. The number of nitrogens with zero attached hydrogens (tertiary/aromatic N) is 3. The number of methoxy groups -OCH3 is 1. The van der Waals surface area contributed by atoms with E-state index < -0.39 is 66.2 Å². The fourth-order valence-electron chi connectivity index (χ4n) is 8.44. The minimum Gasteiger partial charge on any atom is -0.497 e. The van der Waals surface area contributed by atoms with Crippen molar-refractivity contribution in [3.8, 4) is 22.9 Å². The first-order valence-electron chi connectivity index (χ1n) is 21.2. The van der Waals surface area contributed by atoms with Crippen LogP contribution in [0.3, 0.4) is 0 Å². The summed E-state index contributed by atoms with van der Waals surface area (Å²) in [5, 5.41) is 11.2. The summed E-state index contributed by atoms with van der Waals surface area (Å²) in [7, 11) is -2.73. The standard InChI is InChI=1S/C45H55Cl2N6O8PS/c1-8-26-21-45(26,62(57,58)23-31-32(46)14-11-15-33(31)47)52-40(54)37-19-29(22-53(37)41(55)39(44(4,5)6)51-43(56)61-27-12-9-10-13-27)60-38-20-35(36-24-63-42(50-36)48-25(2)3)49-34-18-28(59-7)16-17-30(34)38/h8,11,14-18,20,24-27,29,37,39H,1,9-10,12-13,19,21-23H2,2-7H3,(H,48,50)(H,51,56)(H,52,54)(H,57,58)/t26-,29-,37+,39-,45+/m1/s1. The van der Waals surface area contributed by atoms with Gasteiger partial charge in [0.25, 0.3) is 0 Å². The van der Waals surface area contributed by atoms with Gasteiger partial charge in [-0.3, -0.25) is 14.2 Å². The van der Waals surface area contributed by atoms with Crippen molar-refractivity contribution in [2.24, 2.45) is 11.3 Å². The largest absolute Gasteiger partial charge is 0.497 e. The van der Waals surface area contributed by atoms with Crippen molar-refractivity contribution in [2.75, 3.05) is 19.0 Å². The maximum absolute atomic E-state index is 14.9. The minimum absolute atomic E-state index is 0.0102. The molecule has 2 aromatic heterocycles. The summed E-state index contributed by atoms with van der Waals surface area (Å²) in [4.78, 5) is 65.9. The predicted octanol–water partition coefficient (Wildman–Crippen LogP) is 9.41. The molecule has 3 heterocycles. The summed E-state index contributed by atoms with van der Waals surface area (Å²) < 4.78 is 32.5. The predicted molar refractivity (Wildman–Crippen MR) is 247 cm³/mol. The molecule has 63 heavy (non-hydrogen) atoms. The number of benzene rings is 2. The molecule has 0 radical (unpaired) electrons. The van der Waals surface area contributed by atoms with Gasteiger partial charge >= 0.3 is 6.09 Å². The Morgan fingerprint density at radius 1 is 1.08 bits per heavy atom. The Kier molecular flexibility index (Phi) is 13.8. The number of rotatable bonds is 15. The van der Waals surface area contributed by atoms with E-state index in [1.165, 1.54) is 16.2 Å². The monoisotopic (exact) mass is 940 g/mol. The summed E-state index contributed by atoms with van der Waals surface area (Å²) in [5.41, 5.74) is 1.21. The molecule has 1 saturated heterocycles. The molecule has 18 heteroatoms. The Hall–Kier alpha value is -4.40. The van der Waals surface area contributed by atoms with E-state index in [0.29, 0.717) is 33.8 Å². The van der Waals surface area contributed by atoms with Gasteiger partial charge in [-0.15, -0.1) is 17.9 Å². The topological polar surface area (TPSA) is 181 Å². The highest BCUT2D eigenvalue weighted by molar-refractivity contribution is 7.59. The van der Waals surface area contributed by atoms with Crippen molar-refractivity contribution in [3.63, 3.8) is 0 Å². The molecule has 7 rings (SSSR count). The molecule has 2 aromatic carbocycles. The quantitative estimate of drug-likeness (QED) is 0.0659. The number of aromatic nitrogens is 2. The molecule has 338 valence electrons. The molecular formula is C45H55Cl2N6O8PS. The Balaban J connectivity index is 1.23. The molecule has 3 amide bonds. The number of likely N-dealkylation sites (tertiary alicyclic amines) is 1. The average molecular weight is 942 g/mol. The highest BCUT2D eigenvalue weighted by Crippen LogP contribution is 2.71. The number of fused-ring (bicyclic) bond motifs is 1. The number of hydrogen-bond donors (Lipinski definition) is 4. The zero-order valence-corrected chi connectivity index (χ0v) is 39.5. The van der Waals surface area contributed by atoms with Crippen LogP contribution in [-0.2, 0) is 25.1 Å². The molecule has 1 unspecified atom stereocenters. The molecule has 2 saturated carbocycles. The van der Waals surface area contributed by atoms with Crippen molar-refractivity contribution in [2.45, 2.75) is 115 Å². The molecule has 3 fully saturated rings. The number of thiazole rings is 1. The molecular weight excluding hydrogens is 886 g/mol. The SMILES string of the molecule is C=C[C@@H]1C[C@]1(NC(=O)[C@@H]1C[C@@H](Oc2cc(-c3csc(NC(C)C)n3)nc3cc(OC)ccc23)CN1C(=O)[C@@H](NC(=O)OC1CCCC1)C(C)(C)C)P(=O)(O)Cc1c(Cl)cccc1Cl. The van der Waals surface area contributed by atoms with Crippen LogP contribution in [0.15, 0.2) is 60.5 Å². The van der Waals surface area contributed by atoms with E-state index in [1.54, 1.807) is 49.6 Å². The molecule has 3 aliphatic rings. The van der Waals surface area contributed by atoms with Gasteiger partial charge in [0.05, 0.1) is 31.0 Å². The number of hydrogen-bond acceptors (Lipinski definition) is 11. The van der Waals surface area contributed by atoms with Gasteiger partial charge in [-0.25, -0.2) is 14.8 Å². The van der Waals surface area contributed by atoms with Crippen LogP contribution >= 0.6 is 41.9 Å². The van der Waals surface area contributed by atoms with Crippen LogP contribution in [0.2, 0.25) is 10.0 Å². The van der Waals surface area contributed by atoms with Crippen LogP contribution in [0.25, 0.3) is 22.3 Å². The van der Waals surface area contributed by atoms with Crippen molar-refractivity contribution in [1.29, 1.82) is 0 Å². The smallest absolute Gasteiger partial charge is 0.408 e. The van der Waals surface area contributed by atoms with E-state index in [2.05, 4.69) is 22.5 Å². The first-order valence-corrected chi connectivity index (χ1v) is 24.7. The third kappa shape index (κ3) is 10.1. The van der Waals surface area contributed by atoms with Crippen molar-refractivity contribution in [1.82, 2.24) is 25.5 Å². The number of anilines is 1. The minimum atomic E-state index is -4.30. The highest BCUT2D eigenvalue weighted by Gasteiger charge is 2.66. The van der Waals surface area contributed by atoms with Crippen LogP contribution in [0, 0.1) is 11.3 Å². The van der Waals surface area contributed by atoms with Crippen LogP contribution in [0.5, 0.6) is 11.5 Å². The van der Waals surface area contributed by atoms with E-state index in [0.717, 1.165) is 30.8 Å². The van der Waals surface area contributed by atoms with Gasteiger partial charge < -0.3 is 40.0 Å². The fourth-order valence-corrected chi connectivity index (χ4v) is 12.4. The lowest BCUT2D eigenvalue weighted by atomic mass is 9.85. The summed E-state index contributed by atoms with van der Waals surface area (Å²) in [6.07, 6.45) is 2.98. The van der Waals surface area contributed by atoms with E-state index >= 15 is 0 Å². The number of ether oxygens (including phenoxy) is 3. The second-order valence-corrected chi connectivity index (χ2v) is 22.2. The zero-order valence-electron chi connectivity index (χ0n) is 36.3. The number of pyridine rings is 1. The van der Waals surface area contributed by atoms with Crippen LogP contribution in [-0.4, -0.2) is 86.9 Å². The third-order valence-corrected chi connectivity index (χ3v) is 16.0. The summed E-state index contributed by atoms with van der Waals surface area (Å²) in [6, 6.07) is 9.91. The Morgan fingerprint density at radius 3 is 2.43 bits per heavy atom. The van der Waals surface area contributed by atoms with Crippen molar-refractivity contribution < 1.29 is 38.1 Å². The second kappa shape index (κ2) is 18.6. The molecule has 6 atom stereocenters. The van der Waals surface area contributed by atoms with Gasteiger partial charge in [-0.2, -0.15) is 0 Å². The van der Waals surface area contributed by atoms with Crippen molar-refractivity contribution in [3.05, 3.63) is 76.1 Å². The van der Waals surface area contributed by atoms with Crippen LogP contribution < -0.4 is 25.4 Å². The van der Waals surface area contributed by atoms with Gasteiger partial charge in [0.15, 0.2) is 5.13 Å². The molecule has 0 bridgehead atoms. The molecule has 1 aliphatic heterocycles. The van der Waals surface area contributed by atoms with E-state index in [9.17, 15) is 23.8 Å². The normalized spacial score (nSPS) is 22.6. The lowest BCUT2D eigenvalue weighted by Gasteiger charge is -2.36. The summed E-state index contributed by atoms with van der Waals surface area (Å²) >= 11 is 14.4. The molecule has 4 aromatic rings. The Bertz CT molecular complexity index is 2420. The maximum atomic E-state index is 14.9. The van der Waals surface area contributed by atoms with E-state index in [-0.39, 0.29) is 47.1 Å². The second-order valence-electron chi connectivity index (χ2n) is 18.0. The highest BCUT2D eigenvalue weighted by atomic mass is 35.5. The average Bonchev–Trinajstić information content (AvgIpc) is 3.62. The zero-order chi connectivity index (χ0) is 45.4. The molecule has 14 nitrogen and oxygen atoms in total. The molecule has 4 N–H and O–H groups in total. The lowest BCUT2D eigenvalue weighted by Crippen LogP contribution is -2.58. The van der Waals surface area contributed by atoms with Crippen LogP contribution in [0.1, 0.15) is 78.7 Å². The number of carbonyl (C=O) groups is 3. The Labute approximate surface area is 381 Å². The third-order valence-electron chi connectivity index (χ3n) is 11.9. The number of halogens is 2. The maximum Gasteiger partial charge on any atom is 0.408 e.